The topological polar surface area (TPSA) is 55.4 Å². The minimum absolute atomic E-state index is 0.314. The summed E-state index contributed by atoms with van der Waals surface area (Å²) in [7, 11) is -1.68. The summed E-state index contributed by atoms with van der Waals surface area (Å²) in [6.07, 6.45) is 1.01. The maximum absolute atomic E-state index is 10.8. The van der Waals surface area contributed by atoms with E-state index in [9.17, 15) is 8.42 Å². The predicted octanol–water partition coefficient (Wildman–Crippen LogP) is 1.07. The first-order valence-corrected chi connectivity index (χ1v) is 5.50. The van der Waals surface area contributed by atoms with Gasteiger partial charge in [-0.25, -0.2) is 0 Å². The molecule has 0 aliphatic heterocycles. The summed E-state index contributed by atoms with van der Waals surface area (Å²) in [6.45, 7) is 0. The minimum Gasteiger partial charge on any atom is -0.388 e. The predicted molar refractivity (Wildman–Crippen MR) is 51.5 cm³/mol. The minimum atomic E-state index is -3.43. The van der Waals surface area contributed by atoms with Gasteiger partial charge >= 0.3 is 10.1 Å². The highest BCUT2D eigenvalue weighted by molar-refractivity contribution is 7.86. The highest BCUT2D eigenvalue weighted by atomic mass is 32.2. The molecule has 5 heteroatoms. The van der Waals surface area contributed by atoms with E-state index in [0.717, 1.165) is 11.9 Å². The fourth-order valence-corrected chi connectivity index (χ4v) is 1.33. The highest BCUT2D eigenvalue weighted by Crippen LogP contribution is 2.17. The normalized spacial score (nSPS) is 10.9. The Morgan fingerprint density at radius 2 is 2.08 bits per heavy atom. The Bertz CT molecular complexity index is 386. The molecule has 0 unspecified atom stereocenters. The quantitative estimate of drug-likeness (QED) is 0.743. The van der Waals surface area contributed by atoms with Crippen molar-refractivity contribution in [3.8, 4) is 5.75 Å². The first-order chi connectivity index (χ1) is 6.01. The van der Waals surface area contributed by atoms with Crippen LogP contribution in [0.25, 0.3) is 0 Å². The Morgan fingerprint density at radius 3 is 2.62 bits per heavy atom. The Kier molecular flexibility index (Phi) is 2.77. The molecule has 0 aromatic heterocycles. The van der Waals surface area contributed by atoms with Crippen LogP contribution in [0.2, 0.25) is 0 Å². The molecule has 0 radical (unpaired) electrons. The van der Waals surface area contributed by atoms with Gasteiger partial charge in [0.2, 0.25) is 0 Å². The van der Waals surface area contributed by atoms with Crippen molar-refractivity contribution < 1.29 is 12.6 Å². The molecule has 1 N–H and O–H groups in total. The zero-order valence-corrected chi connectivity index (χ0v) is 8.26. The van der Waals surface area contributed by atoms with Gasteiger partial charge in [-0.2, -0.15) is 8.42 Å². The summed E-state index contributed by atoms with van der Waals surface area (Å²) >= 11 is 0. The third kappa shape index (κ3) is 3.33. The number of nitrogens with one attached hydrogen (secondary N) is 1. The molecule has 0 spiro atoms. The molecule has 13 heavy (non-hydrogen) atoms. The van der Waals surface area contributed by atoms with Crippen molar-refractivity contribution in [1.82, 2.24) is 0 Å². The van der Waals surface area contributed by atoms with Crippen molar-refractivity contribution in [1.29, 1.82) is 0 Å². The molecule has 72 valence electrons. The molecule has 1 aromatic carbocycles. The second-order valence-electron chi connectivity index (χ2n) is 2.57. The van der Waals surface area contributed by atoms with E-state index in [-0.39, 0.29) is 0 Å². The molecule has 1 aromatic rings. The van der Waals surface area contributed by atoms with Crippen LogP contribution >= 0.6 is 0 Å². The van der Waals surface area contributed by atoms with Crippen LogP contribution in [0.1, 0.15) is 0 Å². The molecule has 0 saturated carbocycles. The van der Waals surface area contributed by atoms with E-state index in [2.05, 4.69) is 9.50 Å². The first kappa shape index (κ1) is 9.85. The number of anilines is 1. The van der Waals surface area contributed by atoms with Gasteiger partial charge in [0.1, 0.15) is 5.75 Å². The molecule has 0 saturated heterocycles. The fraction of sp³-hybridized carbons (Fsp3) is 0.250. The Labute approximate surface area is 77.7 Å². The molecule has 0 aliphatic rings. The van der Waals surface area contributed by atoms with Crippen molar-refractivity contribution in [3.63, 3.8) is 0 Å². The molecule has 1 rings (SSSR count). The highest BCUT2D eigenvalue weighted by Gasteiger charge is 2.03. The van der Waals surface area contributed by atoms with Gasteiger partial charge < -0.3 is 9.50 Å². The van der Waals surface area contributed by atoms with Crippen LogP contribution in [-0.4, -0.2) is 21.7 Å². The fourth-order valence-electron chi connectivity index (χ4n) is 0.878. The number of benzene rings is 1. The lowest BCUT2D eigenvalue weighted by Gasteiger charge is -2.04. The van der Waals surface area contributed by atoms with Gasteiger partial charge in [0, 0.05) is 18.8 Å². The third-order valence-corrected chi connectivity index (χ3v) is 1.87. The molecule has 0 atom stereocenters. The van der Waals surface area contributed by atoms with Crippen LogP contribution in [0.5, 0.6) is 5.75 Å². The smallest absolute Gasteiger partial charge is 0.306 e. The van der Waals surface area contributed by atoms with Crippen molar-refractivity contribution in [2.75, 3.05) is 18.6 Å². The lowest BCUT2D eigenvalue weighted by Crippen LogP contribution is -2.05. The molecule has 0 aliphatic carbocycles. The van der Waals surface area contributed by atoms with Gasteiger partial charge in [-0.3, -0.25) is 0 Å². The summed E-state index contributed by atoms with van der Waals surface area (Å²) in [5, 5.41) is 2.88. The summed E-state index contributed by atoms with van der Waals surface area (Å²) in [5.41, 5.74) is 0.807. The monoisotopic (exact) mass is 201 g/mol. The maximum atomic E-state index is 10.8. The van der Waals surface area contributed by atoms with Gasteiger partial charge in [0.25, 0.3) is 0 Å². The molecule has 0 fully saturated rings. The van der Waals surface area contributed by atoms with E-state index < -0.39 is 10.1 Å². The van der Waals surface area contributed by atoms with Crippen molar-refractivity contribution >= 4 is 15.8 Å². The second-order valence-corrected chi connectivity index (χ2v) is 4.14. The summed E-state index contributed by atoms with van der Waals surface area (Å²) in [5.74, 6) is 0.314. The standard InChI is InChI=1S/C8H11NO3S/c1-9-7-4-3-5-8(6-7)12-13(2,10)11/h3-6,9H,1-2H3. The van der Waals surface area contributed by atoms with Gasteiger partial charge in [0.15, 0.2) is 0 Å². The van der Waals surface area contributed by atoms with Gasteiger partial charge in [0.05, 0.1) is 6.26 Å². The summed E-state index contributed by atoms with van der Waals surface area (Å²) in [4.78, 5) is 0. The number of hydrogen-bond donors (Lipinski definition) is 1. The van der Waals surface area contributed by atoms with E-state index in [1.165, 1.54) is 0 Å². The zero-order chi connectivity index (χ0) is 9.90. The van der Waals surface area contributed by atoms with Crippen LogP contribution in [-0.2, 0) is 10.1 Å². The van der Waals surface area contributed by atoms with Crippen LogP contribution in [0.4, 0.5) is 5.69 Å². The lowest BCUT2D eigenvalue weighted by atomic mass is 10.3. The van der Waals surface area contributed by atoms with Gasteiger partial charge in [-0.05, 0) is 12.1 Å². The lowest BCUT2D eigenvalue weighted by molar-refractivity contribution is 0.493. The Balaban J connectivity index is 2.90. The molecule has 0 amide bonds. The molecule has 4 nitrogen and oxygen atoms in total. The molecule has 0 bridgehead atoms. The van der Waals surface area contributed by atoms with Crippen molar-refractivity contribution in [3.05, 3.63) is 24.3 Å². The van der Waals surface area contributed by atoms with Crippen LogP contribution in [0.15, 0.2) is 24.3 Å². The molecule has 0 heterocycles. The van der Waals surface area contributed by atoms with Crippen LogP contribution < -0.4 is 9.50 Å². The third-order valence-electron chi connectivity index (χ3n) is 1.37. The average molecular weight is 201 g/mol. The average Bonchev–Trinajstić information content (AvgIpc) is 2.01. The van der Waals surface area contributed by atoms with Crippen LogP contribution in [0.3, 0.4) is 0 Å². The SMILES string of the molecule is CNc1cccc(OS(C)(=O)=O)c1. The van der Waals surface area contributed by atoms with Gasteiger partial charge in [-0.15, -0.1) is 0 Å². The van der Waals surface area contributed by atoms with E-state index >= 15 is 0 Å². The van der Waals surface area contributed by atoms with E-state index in [4.69, 9.17) is 0 Å². The molecular formula is C8H11NO3S. The van der Waals surface area contributed by atoms with E-state index in [1.807, 2.05) is 6.07 Å². The molecular weight excluding hydrogens is 190 g/mol. The second kappa shape index (κ2) is 3.66. The number of hydrogen-bond acceptors (Lipinski definition) is 4. The van der Waals surface area contributed by atoms with Crippen LogP contribution in [0, 0.1) is 0 Å². The first-order valence-electron chi connectivity index (χ1n) is 3.68. The summed E-state index contributed by atoms with van der Waals surface area (Å²) in [6, 6.07) is 6.73. The van der Waals surface area contributed by atoms with E-state index in [0.29, 0.717) is 5.75 Å². The number of rotatable bonds is 3. The Morgan fingerprint density at radius 1 is 1.38 bits per heavy atom. The van der Waals surface area contributed by atoms with Crippen molar-refractivity contribution in [2.45, 2.75) is 0 Å². The van der Waals surface area contributed by atoms with E-state index in [1.54, 1.807) is 25.2 Å². The zero-order valence-electron chi connectivity index (χ0n) is 7.44. The Hall–Kier alpha value is -1.23. The van der Waals surface area contributed by atoms with Gasteiger partial charge in [-0.1, -0.05) is 6.07 Å². The summed E-state index contributed by atoms with van der Waals surface area (Å²) < 4.78 is 26.2. The largest absolute Gasteiger partial charge is 0.388 e. The maximum Gasteiger partial charge on any atom is 0.306 e. The van der Waals surface area contributed by atoms with Crippen molar-refractivity contribution in [2.24, 2.45) is 0 Å².